The van der Waals surface area contributed by atoms with Crippen molar-refractivity contribution in [1.29, 1.82) is 0 Å². The number of aliphatic hydroxyl groups is 1. The Kier molecular flexibility index (Phi) is 3.99. The minimum Gasteiger partial charge on any atom is -0.383 e. The Morgan fingerprint density at radius 1 is 1.24 bits per heavy atom. The van der Waals surface area contributed by atoms with E-state index < -0.39 is 5.60 Å². The summed E-state index contributed by atoms with van der Waals surface area (Å²) in [4.78, 5) is 1.11. The highest BCUT2D eigenvalue weighted by Crippen LogP contribution is 2.31. The van der Waals surface area contributed by atoms with E-state index in [1.165, 1.54) is 0 Å². The zero-order valence-electron chi connectivity index (χ0n) is 9.27. The van der Waals surface area contributed by atoms with Crippen LogP contribution >= 0.6 is 27.3 Å². The smallest absolute Gasteiger partial charge is 0.107 e. The summed E-state index contributed by atoms with van der Waals surface area (Å²) in [6.07, 6.45) is 0.533. The lowest BCUT2D eigenvalue weighted by molar-refractivity contribution is 0.0469. The van der Waals surface area contributed by atoms with Crippen molar-refractivity contribution in [2.75, 3.05) is 6.54 Å². The van der Waals surface area contributed by atoms with Crippen molar-refractivity contribution in [2.24, 2.45) is 5.73 Å². The van der Waals surface area contributed by atoms with Crippen molar-refractivity contribution in [2.45, 2.75) is 12.0 Å². The van der Waals surface area contributed by atoms with Gasteiger partial charge in [0, 0.05) is 22.3 Å². The van der Waals surface area contributed by atoms with Gasteiger partial charge in [-0.25, -0.2) is 0 Å². The maximum Gasteiger partial charge on any atom is 0.107 e. The number of hydrogen-bond donors (Lipinski definition) is 2. The van der Waals surface area contributed by atoms with E-state index in [0.717, 1.165) is 14.9 Å². The molecule has 0 amide bonds. The highest BCUT2D eigenvalue weighted by atomic mass is 79.9. The fourth-order valence-electron chi connectivity index (χ4n) is 1.76. The van der Waals surface area contributed by atoms with E-state index in [1.54, 1.807) is 11.3 Å². The number of rotatable bonds is 4. The van der Waals surface area contributed by atoms with Crippen molar-refractivity contribution in [3.8, 4) is 0 Å². The summed E-state index contributed by atoms with van der Waals surface area (Å²) >= 11 is 5.10. The van der Waals surface area contributed by atoms with E-state index in [9.17, 15) is 5.11 Å². The molecule has 2 aromatic rings. The van der Waals surface area contributed by atoms with Crippen molar-refractivity contribution in [1.82, 2.24) is 0 Å². The second kappa shape index (κ2) is 5.31. The topological polar surface area (TPSA) is 46.2 Å². The summed E-state index contributed by atoms with van der Waals surface area (Å²) in [6.45, 7) is 0.210. The maximum atomic E-state index is 10.6. The quantitative estimate of drug-likeness (QED) is 0.912. The molecule has 0 aliphatic carbocycles. The van der Waals surface area contributed by atoms with Crippen molar-refractivity contribution in [3.63, 3.8) is 0 Å². The average molecular weight is 312 g/mol. The molecule has 0 saturated heterocycles. The molecule has 1 aromatic carbocycles. The number of nitrogens with two attached hydrogens (primary N) is 1. The van der Waals surface area contributed by atoms with Crippen molar-refractivity contribution < 1.29 is 5.11 Å². The SMILES string of the molecule is NCC(O)(Cc1sccc1Br)c1ccccc1. The fraction of sp³-hybridized carbons (Fsp3) is 0.231. The zero-order valence-corrected chi connectivity index (χ0v) is 11.7. The third kappa shape index (κ3) is 2.77. The van der Waals surface area contributed by atoms with E-state index in [-0.39, 0.29) is 6.54 Å². The van der Waals surface area contributed by atoms with E-state index in [0.29, 0.717) is 6.42 Å². The molecule has 0 aliphatic rings. The van der Waals surface area contributed by atoms with Gasteiger partial charge in [-0.3, -0.25) is 0 Å². The first-order valence-corrected chi connectivity index (χ1v) is 7.03. The van der Waals surface area contributed by atoms with Crippen molar-refractivity contribution in [3.05, 3.63) is 56.7 Å². The van der Waals surface area contributed by atoms with Gasteiger partial charge < -0.3 is 10.8 Å². The second-order valence-electron chi connectivity index (χ2n) is 3.97. The first kappa shape index (κ1) is 12.8. The molecule has 0 fully saturated rings. The molecule has 4 heteroatoms. The van der Waals surface area contributed by atoms with Crippen LogP contribution in [0.1, 0.15) is 10.4 Å². The lowest BCUT2D eigenvalue weighted by Gasteiger charge is -2.26. The van der Waals surface area contributed by atoms with Crippen LogP contribution in [0.3, 0.4) is 0 Å². The summed E-state index contributed by atoms with van der Waals surface area (Å²) < 4.78 is 1.03. The van der Waals surface area contributed by atoms with Crippen LogP contribution in [0, 0.1) is 0 Å². The third-order valence-corrected chi connectivity index (χ3v) is 4.72. The Labute approximate surface area is 113 Å². The molecule has 0 radical (unpaired) electrons. The predicted octanol–water partition coefficient (Wildman–Crippen LogP) is 2.90. The fourth-order valence-corrected chi connectivity index (χ4v) is 3.36. The van der Waals surface area contributed by atoms with Crippen molar-refractivity contribution >= 4 is 27.3 Å². The van der Waals surface area contributed by atoms with Crippen LogP contribution in [-0.4, -0.2) is 11.7 Å². The van der Waals surface area contributed by atoms with E-state index in [2.05, 4.69) is 15.9 Å². The molecular weight excluding hydrogens is 298 g/mol. The summed E-state index contributed by atoms with van der Waals surface area (Å²) in [5.41, 5.74) is 5.62. The lowest BCUT2D eigenvalue weighted by atomic mass is 9.90. The Morgan fingerprint density at radius 2 is 1.94 bits per heavy atom. The molecule has 0 aliphatic heterocycles. The maximum absolute atomic E-state index is 10.6. The van der Waals surface area contributed by atoms with Gasteiger partial charge in [0.15, 0.2) is 0 Å². The minimum atomic E-state index is -0.991. The molecule has 1 unspecified atom stereocenters. The normalized spacial score (nSPS) is 14.5. The summed E-state index contributed by atoms with van der Waals surface area (Å²) in [5.74, 6) is 0. The first-order chi connectivity index (χ1) is 8.15. The van der Waals surface area contributed by atoms with Crippen LogP contribution in [0.25, 0.3) is 0 Å². The lowest BCUT2D eigenvalue weighted by Crippen LogP contribution is -2.36. The van der Waals surface area contributed by atoms with E-state index >= 15 is 0 Å². The van der Waals surface area contributed by atoms with Crippen LogP contribution in [0.2, 0.25) is 0 Å². The van der Waals surface area contributed by atoms with Crippen LogP contribution in [0.4, 0.5) is 0 Å². The van der Waals surface area contributed by atoms with Gasteiger partial charge >= 0.3 is 0 Å². The third-order valence-electron chi connectivity index (χ3n) is 2.79. The molecule has 1 heterocycles. The van der Waals surface area contributed by atoms with Crippen LogP contribution < -0.4 is 5.73 Å². The molecule has 90 valence electrons. The van der Waals surface area contributed by atoms with Gasteiger partial charge in [0.25, 0.3) is 0 Å². The molecule has 2 nitrogen and oxygen atoms in total. The van der Waals surface area contributed by atoms with Crippen LogP contribution in [0.15, 0.2) is 46.3 Å². The number of hydrogen-bond acceptors (Lipinski definition) is 3. The molecule has 3 N–H and O–H groups in total. The Hall–Kier alpha value is -0.680. The summed E-state index contributed by atoms with van der Waals surface area (Å²) in [6, 6.07) is 11.6. The van der Waals surface area contributed by atoms with Gasteiger partial charge in [-0.2, -0.15) is 0 Å². The Bertz CT molecular complexity index is 485. The van der Waals surface area contributed by atoms with Crippen LogP contribution in [0.5, 0.6) is 0 Å². The average Bonchev–Trinajstić information content (AvgIpc) is 2.76. The largest absolute Gasteiger partial charge is 0.383 e. The van der Waals surface area contributed by atoms with Gasteiger partial charge in [0.05, 0.1) is 0 Å². The van der Waals surface area contributed by atoms with Gasteiger partial charge in [-0.1, -0.05) is 30.3 Å². The molecular formula is C13H14BrNOS. The predicted molar refractivity (Wildman–Crippen MR) is 75.1 cm³/mol. The summed E-state index contributed by atoms with van der Waals surface area (Å²) in [5, 5.41) is 12.6. The van der Waals surface area contributed by atoms with Gasteiger partial charge in [0.1, 0.15) is 5.60 Å². The molecule has 1 atom stereocenters. The standard InChI is InChI=1S/C13H14BrNOS/c14-11-6-7-17-12(11)8-13(16,9-15)10-4-2-1-3-5-10/h1-7,16H,8-9,15H2. The number of halogens is 1. The van der Waals surface area contributed by atoms with E-state index in [1.807, 2.05) is 41.8 Å². The second-order valence-corrected chi connectivity index (χ2v) is 5.83. The number of benzene rings is 1. The Morgan fingerprint density at radius 3 is 2.47 bits per heavy atom. The van der Waals surface area contributed by atoms with Gasteiger partial charge in [-0.15, -0.1) is 11.3 Å². The van der Waals surface area contributed by atoms with Gasteiger partial charge in [0.2, 0.25) is 0 Å². The van der Waals surface area contributed by atoms with E-state index in [4.69, 9.17) is 5.73 Å². The molecule has 0 bridgehead atoms. The molecule has 0 saturated carbocycles. The molecule has 1 aromatic heterocycles. The molecule has 2 rings (SSSR count). The van der Waals surface area contributed by atoms with Crippen LogP contribution in [-0.2, 0) is 12.0 Å². The number of thiophene rings is 1. The highest BCUT2D eigenvalue weighted by molar-refractivity contribution is 9.10. The van der Waals surface area contributed by atoms with Gasteiger partial charge in [-0.05, 0) is 32.9 Å². The molecule has 0 spiro atoms. The highest BCUT2D eigenvalue weighted by Gasteiger charge is 2.29. The zero-order chi connectivity index (χ0) is 12.3. The minimum absolute atomic E-state index is 0.210. The molecule has 17 heavy (non-hydrogen) atoms. The summed E-state index contributed by atoms with van der Waals surface area (Å²) in [7, 11) is 0. The monoisotopic (exact) mass is 311 g/mol. The first-order valence-electron chi connectivity index (χ1n) is 5.35. The Balaban J connectivity index is 2.30.